The Labute approximate surface area is 259 Å². The normalized spacial score (nSPS) is 17.6. The average Bonchev–Trinajstić information content (AvgIpc) is 3.02. The van der Waals surface area contributed by atoms with E-state index in [0.29, 0.717) is 18.7 Å². The van der Waals surface area contributed by atoms with Crippen LogP contribution in [-0.4, -0.2) is 59.5 Å². The molecule has 2 fully saturated rings. The van der Waals surface area contributed by atoms with E-state index in [2.05, 4.69) is 10.6 Å². The van der Waals surface area contributed by atoms with E-state index in [9.17, 15) is 19.2 Å². The van der Waals surface area contributed by atoms with Crippen molar-refractivity contribution < 1.29 is 23.7 Å². The van der Waals surface area contributed by atoms with E-state index >= 15 is 0 Å². The SMILES string of the molecule is C[n+]1cccc(CC(NC(=O)C(NC(=O)C(Cc2ccc(C(=N)N)cc2)C(=O)N2CCCCC2)C2CCCCC2)C(N)=O)c1. The van der Waals surface area contributed by atoms with E-state index in [-0.39, 0.29) is 30.5 Å². The number of hydrogen-bond donors (Lipinski definition) is 5. The van der Waals surface area contributed by atoms with Crippen LogP contribution in [0.25, 0.3) is 0 Å². The molecule has 11 nitrogen and oxygen atoms in total. The van der Waals surface area contributed by atoms with E-state index in [1.807, 2.05) is 36.1 Å². The molecule has 2 aromatic rings. The van der Waals surface area contributed by atoms with Gasteiger partial charge >= 0.3 is 0 Å². The van der Waals surface area contributed by atoms with Crippen molar-refractivity contribution in [3.8, 4) is 0 Å². The lowest BCUT2D eigenvalue weighted by molar-refractivity contribution is -0.671. The molecule has 1 aromatic carbocycles. The molecule has 2 heterocycles. The lowest BCUT2D eigenvalue weighted by atomic mass is 9.83. The number of aromatic nitrogens is 1. The van der Waals surface area contributed by atoms with Crippen LogP contribution in [-0.2, 0) is 39.1 Å². The van der Waals surface area contributed by atoms with E-state index in [1.54, 1.807) is 29.2 Å². The molecule has 2 aliphatic rings. The molecule has 1 saturated heterocycles. The number of nitrogens with two attached hydrogens (primary N) is 2. The van der Waals surface area contributed by atoms with Gasteiger partial charge in [-0.2, -0.15) is 0 Å². The second-order valence-electron chi connectivity index (χ2n) is 12.2. The molecule has 3 atom stereocenters. The van der Waals surface area contributed by atoms with Crippen LogP contribution in [0.3, 0.4) is 0 Å². The van der Waals surface area contributed by atoms with Gasteiger partial charge in [0.15, 0.2) is 12.4 Å². The zero-order valence-electron chi connectivity index (χ0n) is 25.6. The number of amides is 4. The molecule has 0 bridgehead atoms. The standard InChI is InChI=1S/C33H45N7O4/c1-39-16-8-9-23(21-39)20-27(30(36)41)37-32(43)28(24-10-4-2-5-11-24)38-31(42)26(33(44)40-17-6-3-7-18-40)19-22-12-14-25(15-13-22)29(34)35/h8-9,12-16,21,24,26-28H,2-7,10-11,17-20H2,1H3,(H6-,34,35,36,37,38,41,42,43)/p+1. The minimum absolute atomic E-state index is 0.0630. The molecule has 11 heteroatoms. The Morgan fingerprint density at radius 1 is 0.886 bits per heavy atom. The van der Waals surface area contributed by atoms with Gasteiger partial charge in [-0.15, -0.1) is 0 Å². The van der Waals surface area contributed by atoms with E-state index in [0.717, 1.165) is 62.5 Å². The summed E-state index contributed by atoms with van der Waals surface area (Å²) in [5.74, 6) is -3.12. The molecular weight excluding hydrogens is 558 g/mol. The molecule has 4 rings (SSSR count). The van der Waals surface area contributed by atoms with Crippen LogP contribution >= 0.6 is 0 Å². The maximum Gasteiger partial charge on any atom is 0.243 e. The maximum atomic E-state index is 14.0. The predicted octanol–water partition coefficient (Wildman–Crippen LogP) is 1.24. The quantitative estimate of drug-likeness (QED) is 0.106. The molecule has 44 heavy (non-hydrogen) atoms. The van der Waals surface area contributed by atoms with E-state index in [4.69, 9.17) is 16.9 Å². The zero-order valence-corrected chi connectivity index (χ0v) is 25.6. The summed E-state index contributed by atoms with van der Waals surface area (Å²) in [6.07, 6.45) is 11.3. The molecule has 4 amide bonds. The summed E-state index contributed by atoms with van der Waals surface area (Å²) in [4.78, 5) is 55.8. The molecule has 0 spiro atoms. The van der Waals surface area contributed by atoms with Gasteiger partial charge in [-0.05, 0) is 56.1 Å². The fraction of sp³-hybridized carbons (Fsp3) is 0.515. The Hall–Kier alpha value is -4.28. The monoisotopic (exact) mass is 604 g/mol. The Bertz CT molecular complexity index is 1330. The highest BCUT2D eigenvalue weighted by molar-refractivity contribution is 6.02. The molecule has 1 aromatic heterocycles. The second kappa shape index (κ2) is 15.4. The topological polar surface area (TPSA) is 175 Å². The van der Waals surface area contributed by atoms with Crippen LogP contribution in [0.4, 0.5) is 0 Å². The molecular formula is C33H46N7O4+. The van der Waals surface area contributed by atoms with Crippen molar-refractivity contribution in [2.45, 2.75) is 76.3 Å². The predicted molar refractivity (Wildman–Crippen MR) is 166 cm³/mol. The van der Waals surface area contributed by atoms with Gasteiger partial charge in [0.25, 0.3) is 0 Å². The van der Waals surface area contributed by atoms with Crippen molar-refractivity contribution in [2.75, 3.05) is 13.1 Å². The van der Waals surface area contributed by atoms with E-state index < -0.39 is 35.7 Å². The van der Waals surface area contributed by atoms with Gasteiger partial charge in [0, 0.05) is 36.7 Å². The molecule has 0 radical (unpaired) electrons. The number of carbonyl (C=O) groups excluding carboxylic acids is 4. The Kier molecular flexibility index (Phi) is 11.5. The first kappa shape index (κ1) is 32.6. The van der Waals surface area contributed by atoms with Gasteiger partial charge < -0.3 is 27.0 Å². The van der Waals surface area contributed by atoms with Crippen LogP contribution in [0.15, 0.2) is 48.8 Å². The number of aryl methyl sites for hydroxylation is 1. The lowest BCUT2D eigenvalue weighted by Gasteiger charge is -2.33. The highest BCUT2D eigenvalue weighted by atomic mass is 16.2. The third-order valence-electron chi connectivity index (χ3n) is 8.79. The number of amidine groups is 1. The number of primary amides is 1. The van der Waals surface area contributed by atoms with Crippen LogP contribution in [0.1, 0.15) is 68.1 Å². The van der Waals surface area contributed by atoms with Crippen LogP contribution in [0, 0.1) is 17.2 Å². The summed E-state index contributed by atoms with van der Waals surface area (Å²) in [6.45, 7) is 1.19. The summed E-state index contributed by atoms with van der Waals surface area (Å²) in [5.41, 5.74) is 13.5. The highest BCUT2D eigenvalue weighted by Crippen LogP contribution is 2.27. The lowest BCUT2D eigenvalue weighted by Crippen LogP contribution is -2.58. The van der Waals surface area contributed by atoms with Gasteiger partial charge in [0.1, 0.15) is 30.9 Å². The first-order chi connectivity index (χ1) is 21.1. The number of piperidine rings is 1. The minimum atomic E-state index is -1.04. The summed E-state index contributed by atoms with van der Waals surface area (Å²) in [5, 5.41) is 13.4. The van der Waals surface area contributed by atoms with E-state index in [1.165, 1.54) is 0 Å². The number of pyridine rings is 1. The fourth-order valence-electron chi connectivity index (χ4n) is 6.29. The third kappa shape index (κ3) is 8.87. The number of nitrogens with zero attached hydrogens (tertiary/aromatic N) is 2. The van der Waals surface area contributed by atoms with Gasteiger partial charge in [0.2, 0.25) is 23.6 Å². The largest absolute Gasteiger partial charge is 0.384 e. The van der Waals surface area contributed by atoms with Crippen LogP contribution in [0.2, 0.25) is 0 Å². The third-order valence-corrected chi connectivity index (χ3v) is 8.79. The van der Waals surface area contributed by atoms with Crippen molar-refractivity contribution in [3.63, 3.8) is 0 Å². The summed E-state index contributed by atoms with van der Waals surface area (Å²) < 4.78 is 1.85. The van der Waals surface area contributed by atoms with Crippen LogP contribution < -0.4 is 26.7 Å². The smallest absolute Gasteiger partial charge is 0.243 e. The number of benzene rings is 1. The van der Waals surface area contributed by atoms with Gasteiger partial charge in [-0.3, -0.25) is 24.6 Å². The number of likely N-dealkylation sites (tertiary alicyclic amines) is 1. The van der Waals surface area contributed by atoms with Gasteiger partial charge in [0.05, 0.1) is 0 Å². The maximum absolute atomic E-state index is 14.0. The number of hydrogen-bond acceptors (Lipinski definition) is 5. The number of carbonyl (C=O) groups is 4. The van der Waals surface area contributed by atoms with Crippen molar-refractivity contribution in [1.82, 2.24) is 15.5 Å². The Balaban J connectivity index is 1.57. The molecule has 1 aliphatic carbocycles. The number of nitrogen functional groups attached to an aromatic ring is 1. The summed E-state index contributed by atoms with van der Waals surface area (Å²) in [7, 11) is 1.87. The minimum Gasteiger partial charge on any atom is -0.384 e. The molecule has 1 aliphatic heterocycles. The van der Waals surface area contributed by atoms with Crippen molar-refractivity contribution in [2.24, 2.45) is 30.4 Å². The average molecular weight is 605 g/mol. The molecule has 236 valence electrons. The van der Waals surface area contributed by atoms with Crippen molar-refractivity contribution >= 4 is 29.5 Å². The van der Waals surface area contributed by atoms with Crippen LogP contribution in [0.5, 0.6) is 0 Å². The molecule has 1 saturated carbocycles. The summed E-state index contributed by atoms with van der Waals surface area (Å²) in [6, 6.07) is 8.79. The summed E-state index contributed by atoms with van der Waals surface area (Å²) >= 11 is 0. The first-order valence-electron chi connectivity index (χ1n) is 15.7. The van der Waals surface area contributed by atoms with Crippen molar-refractivity contribution in [3.05, 3.63) is 65.5 Å². The van der Waals surface area contributed by atoms with Gasteiger partial charge in [-0.25, -0.2) is 4.57 Å². The number of nitrogens with one attached hydrogen (secondary N) is 3. The zero-order chi connectivity index (χ0) is 31.6. The first-order valence-corrected chi connectivity index (χ1v) is 15.7. The van der Waals surface area contributed by atoms with Gasteiger partial charge in [-0.1, -0.05) is 43.5 Å². The molecule has 3 unspecified atom stereocenters. The highest BCUT2D eigenvalue weighted by Gasteiger charge is 2.38. The van der Waals surface area contributed by atoms with Crippen molar-refractivity contribution in [1.29, 1.82) is 5.41 Å². The Morgan fingerprint density at radius 2 is 1.55 bits per heavy atom. The second-order valence-corrected chi connectivity index (χ2v) is 12.2. The Morgan fingerprint density at radius 3 is 2.16 bits per heavy atom. The molecule has 7 N–H and O–H groups in total. The number of rotatable bonds is 12. The fourth-order valence-corrected chi connectivity index (χ4v) is 6.29.